The number of aryl methyl sites for hydroxylation is 2. The summed E-state index contributed by atoms with van der Waals surface area (Å²) in [6, 6.07) is 9.57. The molecule has 0 saturated carbocycles. The summed E-state index contributed by atoms with van der Waals surface area (Å²) in [6.45, 7) is 3.82. The molecule has 0 radical (unpaired) electrons. The van der Waals surface area contributed by atoms with Gasteiger partial charge in [-0.1, -0.05) is 18.2 Å². The first-order valence-electron chi connectivity index (χ1n) is 5.99. The van der Waals surface area contributed by atoms with Gasteiger partial charge in [-0.25, -0.2) is 4.39 Å². The smallest absolute Gasteiger partial charge is 0.176 e. The number of rotatable bonds is 2. The summed E-state index contributed by atoms with van der Waals surface area (Å²) < 4.78 is 14.4. The van der Waals surface area contributed by atoms with E-state index in [-0.39, 0.29) is 11.3 Å². The minimum absolute atomic E-state index is 0.252. The molecule has 0 amide bonds. The average Bonchev–Trinajstić information content (AvgIpc) is 2.84. The highest BCUT2D eigenvalue weighted by Gasteiger charge is 2.14. The van der Waals surface area contributed by atoms with Crippen molar-refractivity contribution in [1.29, 1.82) is 0 Å². The van der Waals surface area contributed by atoms with Gasteiger partial charge in [0.2, 0.25) is 0 Å². The molecular formula is C14H13FN4. The van der Waals surface area contributed by atoms with E-state index < -0.39 is 0 Å². The molecule has 4 nitrogen and oxygen atoms in total. The molecule has 0 fully saturated rings. The Hall–Kier alpha value is -2.43. The highest BCUT2D eigenvalue weighted by Crippen LogP contribution is 2.29. The molecule has 1 aromatic heterocycles. The van der Waals surface area contributed by atoms with Crippen molar-refractivity contribution in [3.8, 4) is 0 Å². The fraction of sp³-hybridized carbons (Fsp3) is 0.143. The number of aromatic amines is 1. The number of hydrogen-bond acceptors (Lipinski definition) is 3. The largest absolute Gasteiger partial charge is 0.353 e. The van der Waals surface area contributed by atoms with Gasteiger partial charge in [-0.3, -0.25) is 0 Å². The fourth-order valence-corrected chi connectivity index (χ4v) is 2.07. The van der Waals surface area contributed by atoms with Crippen LogP contribution in [0.2, 0.25) is 0 Å². The number of halogens is 1. The zero-order valence-corrected chi connectivity index (χ0v) is 10.7. The van der Waals surface area contributed by atoms with Crippen LogP contribution in [-0.4, -0.2) is 15.4 Å². The van der Waals surface area contributed by atoms with Gasteiger partial charge >= 0.3 is 0 Å². The van der Waals surface area contributed by atoms with E-state index in [1.807, 2.05) is 44.2 Å². The molecule has 3 rings (SSSR count). The Morgan fingerprint density at radius 1 is 1.11 bits per heavy atom. The van der Waals surface area contributed by atoms with E-state index in [1.54, 1.807) is 0 Å². The van der Waals surface area contributed by atoms with Crippen molar-refractivity contribution < 1.29 is 4.39 Å². The predicted octanol–water partition coefficient (Wildman–Crippen LogP) is 3.46. The Balaban J connectivity index is 2.12. The van der Waals surface area contributed by atoms with Gasteiger partial charge in [-0.2, -0.15) is 15.4 Å². The number of nitrogens with one attached hydrogen (secondary N) is 2. The molecule has 0 aliphatic carbocycles. The maximum Gasteiger partial charge on any atom is 0.176 e. The maximum absolute atomic E-state index is 14.4. The van der Waals surface area contributed by atoms with Crippen LogP contribution in [0.3, 0.4) is 0 Å². The number of aromatic nitrogens is 3. The minimum Gasteiger partial charge on any atom is -0.353 e. The Kier molecular flexibility index (Phi) is 2.67. The van der Waals surface area contributed by atoms with Crippen LogP contribution in [-0.2, 0) is 0 Å². The van der Waals surface area contributed by atoms with Crippen LogP contribution in [0.25, 0.3) is 11.0 Å². The van der Waals surface area contributed by atoms with Gasteiger partial charge in [-0.05, 0) is 37.1 Å². The quantitative estimate of drug-likeness (QED) is 0.738. The third-order valence-electron chi connectivity index (χ3n) is 3.15. The van der Waals surface area contributed by atoms with Gasteiger partial charge in [0.1, 0.15) is 5.52 Å². The van der Waals surface area contributed by atoms with Crippen LogP contribution >= 0.6 is 0 Å². The molecule has 0 saturated heterocycles. The predicted molar refractivity (Wildman–Crippen MR) is 73.0 cm³/mol. The summed E-state index contributed by atoms with van der Waals surface area (Å²) in [7, 11) is 0. The van der Waals surface area contributed by atoms with Crippen molar-refractivity contribution in [3.05, 3.63) is 47.3 Å². The van der Waals surface area contributed by atoms with Crippen molar-refractivity contribution in [2.75, 3.05) is 5.32 Å². The molecule has 0 aliphatic heterocycles. The Morgan fingerprint density at radius 3 is 2.68 bits per heavy atom. The summed E-state index contributed by atoms with van der Waals surface area (Å²) in [4.78, 5) is 0. The van der Waals surface area contributed by atoms with E-state index in [2.05, 4.69) is 20.7 Å². The topological polar surface area (TPSA) is 53.6 Å². The molecule has 2 aromatic carbocycles. The normalized spacial score (nSPS) is 10.9. The molecule has 0 aliphatic rings. The monoisotopic (exact) mass is 256 g/mol. The van der Waals surface area contributed by atoms with E-state index in [9.17, 15) is 4.39 Å². The molecule has 0 atom stereocenters. The lowest BCUT2D eigenvalue weighted by molar-refractivity contribution is 0.639. The van der Waals surface area contributed by atoms with Crippen molar-refractivity contribution in [3.63, 3.8) is 0 Å². The molecule has 96 valence electrons. The molecular weight excluding hydrogens is 243 g/mol. The van der Waals surface area contributed by atoms with Crippen molar-refractivity contribution >= 4 is 22.4 Å². The van der Waals surface area contributed by atoms with Crippen LogP contribution in [0.5, 0.6) is 0 Å². The number of nitrogens with zero attached hydrogens (tertiary/aromatic N) is 2. The first-order valence-corrected chi connectivity index (χ1v) is 5.99. The first-order chi connectivity index (χ1) is 9.16. The number of H-pyrrole nitrogens is 1. The van der Waals surface area contributed by atoms with Gasteiger partial charge in [0.25, 0.3) is 0 Å². The molecule has 3 aromatic rings. The van der Waals surface area contributed by atoms with Crippen LogP contribution in [0.4, 0.5) is 15.8 Å². The Bertz CT molecular complexity index is 748. The second-order valence-electron chi connectivity index (χ2n) is 4.51. The average molecular weight is 256 g/mol. The van der Waals surface area contributed by atoms with Crippen molar-refractivity contribution in [2.45, 2.75) is 13.8 Å². The number of para-hydroxylation sites is 1. The third-order valence-corrected chi connectivity index (χ3v) is 3.15. The molecule has 0 bridgehead atoms. The van der Waals surface area contributed by atoms with Crippen molar-refractivity contribution in [1.82, 2.24) is 15.4 Å². The molecule has 0 unspecified atom stereocenters. The number of benzene rings is 2. The van der Waals surface area contributed by atoms with E-state index >= 15 is 0 Å². The van der Waals surface area contributed by atoms with Crippen LogP contribution in [0.1, 0.15) is 11.1 Å². The second kappa shape index (κ2) is 4.35. The van der Waals surface area contributed by atoms with Crippen molar-refractivity contribution in [2.24, 2.45) is 0 Å². The molecule has 19 heavy (non-hydrogen) atoms. The van der Waals surface area contributed by atoms with Gasteiger partial charge in [-0.15, -0.1) is 0 Å². The second-order valence-corrected chi connectivity index (χ2v) is 4.51. The zero-order chi connectivity index (χ0) is 13.4. The summed E-state index contributed by atoms with van der Waals surface area (Å²) in [5.74, 6) is -0.382. The summed E-state index contributed by atoms with van der Waals surface area (Å²) in [5, 5.41) is 13.3. The molecule has 5 heteroatoms. The summed E-state index contributed by atoms with van der Waals surface area (Å²) in [6.07, 6.45) is 0. The minimum atomic E-state index is -0.382. The van der Waals surface area contributed by atoms with E-state index in [0.29, 0.717) is 11.2 Å². The summed E-state index contributed by atoms with van der Waals surface area (Å²) in [5.41, 5.74) is 3.96. The lowest BCUT2D eigenvalue weighted by atomic mass is 10.1. The lowest BCUT2D eigenvalue weighted by Gasteiger charge is -2.12. The fourth-order valence-electron chi connectivity index (χ4n) is 2.07. The van der Waals surface area contributed by atoms with Crippen LogP contribution < -0.4 is 5.32 Å². The van der Waals surface area contributed by atoms with Crippen LogP contribution in [0, 0.1) is 19.7 Å². The molecule has 2 N–H and O–H groups in total. The number of anilines is 2. The highest BCUT2D eigenvalue weighted by molar-refractivity contribution is 5.83. The van der Waals surface area contributed by atoms with E-state index in [4.69, 9.17) is 0 Å². The zero-order valence-electron chi connectivity index (χ0n) is 10.7. The van der Waals surface area contributed by atoms with Gasteiger partial charge in [0.05, 0.1) is 5.69 Å². The van der Waals surface area contributed by atoms with E-state index in [1.165, 1.54) is 0 Å². The first kappa shape index (κ1) is 11.6. The maximum atomic E-state index is 14.4. The van der Waals surface area contributed by atoms with Gasteiger partial charge in [0, 0.05) is 5.69 Å². The third kappa shape index (κ3) is 1.93. The molecule has 0 spiro atoms. The van der Waals surface area contributed by atoms with Crippen LogP contribution in [0.15, 0.2) is 30.3 Å². The molecule has 1 heterocycles. The highest BCUT2D eigenvalue weighted by atomic mass is 19.1. The Labute approximate surface area is 109 Å². The van der Waals surface area contributed by atoms with E-state index in [0.717, 1.165) is 16.8 Å². The summed E-state index contributed by atoms with van der Waals surface area (Å²) >= 11 is 0. The van der Waals surface area contributed by atoms with Gasteiger partial charge < -0.3 is 5.32 Å². The standard InChI is InChI=1S/C14H13FN4/c1-8-5-3-4-6-10(8)16-13-9(2)7-11-14(12(13)15)18-19-17-11/h3-7,16H,1-2H3,(H,17,18,19). The number of hydrogen-bond donors (Lipinski definition) is 2. The SMILES string of the molecule is Cc1ccccc1Nc1c(C)cc2n[nH]nc2c1F. The lowest BCUT2D eigenvalue weighted by Crippen LogP contribution is -1.99. The van der Waals surface area contributed by atoms with Gasteiger partial charge in [0.15, 0.2) is 11.3 Å². The number of fused-ring (bicyclic) bond motifs is 1. The Morgan fingerprint density at radius 2 is 1.89 bits per heavy atom.